The van der Waals surface area contributed by atoms with Crippen LogP contribution in [0.5, 0.6) is 5.75 Å². The number of ether oxygens (including phenoxy) is 1. The number of nitrogens with zero attached hydrogens (tertiary/aromatic N) is 3. The zero-order valence-corrected chi connectivity index (χ0v) is 15.2. The van der Waals surface area contributed by atoms with Crippen LogP contribution >= 0.6 is 0 Å². The van der Waals surface area contributed by atoms with Crippen LogP contribution in [-0.2, 0) is 13.1 Å². The summed E-state index contributed by atoms with van der Waals surface area (Å²) in [7, 11) is 1.67. The molecule has 8 heteroatoms. The van der Waals surface area contributed by atoms with Crippen LogP contribution in [0.15, 0.2) is 41.7 Å². The van der Waals surface area contributed by atoms with Crippen molar-refractivity contribution in [2.75, 3.05) is 13.6 Å². The molecular weight excluding hydrogens is 340 g/mol. The summed E-state index contributed by atoms with van der Waals surface area (Å²) in [5, 5.41) is 10.6. The van der Waals surface area contributed by atoms with Crippen LogP contribution < -0.4 is 15.4 Å². The van der Waals surface area contributed by atoms with Gasteiger partial charge in [0.2, 0.25) is 0 Å². The molecule has 26 heavy (non-hydrogen) atoms. The monoisotopic (exact) mass is 365 g/mol. The number of halogens is 2. The molecule has 142 valence electrons. The minimum absolute atomic E-state index is 0.167. The molecule has 0 amide bonds. The van der Waals surface area contributed by atoms with Crippen LogP contribution in [0, 0.1) is 12.8 Å². The normalized spacial score (nSPS) is 12.9. The van der Waals surface area contributed by atoms with Crippen LogP contribution in [0.2, 0.25) is 0 Å². The van der Waals surface area contributed by atoms with E-state index >= 15 is 0 Å². The van der Waals surface area contributed by atoms with E-state index in [0.717, 1.165) is 12.1 Å². The van der Waals surface area contributed by atoms with Gasteiger partial charge < -0.3 is 15.4 Å². The van der Waals surface area contributed by atoms with E-state index < -0.39 is 6.61 Å². The molecule has 2 N–H and O–H groups in total. The molecule has 0 aliphatic rings. The number of hydrogen-bond acceptors (Lipinski definition) is 3. The van der Waals surface area contributed by atoms with Crippen molar-refractivity contribution in [1.82, 2.24) is 20.4 Å². The smallest absolute Gasteiger partial charge is 0.387 e. The summed E-state index contributed by atoms with van der Waals surface area (Å²) in [5.41, 5.74) is 1.62. The zero-order valence-electron chi connectivity index (χ0n) is 15.2. The van der Waals surface area contributed by atoms with Crippen molar-refractivity contribution >= 4 is 5.96 Å². The highest BCUT2D eigenvalue weighted by Gasteiger charge is 2.11. The molecule has 1 heterocycles. The first-order chi connectivity index (χ1) is 12.5. The van der Waals surface area contributed by atoms with Gasteiger partial charge in [-0.1, -0.05) is 24.6 Å². The van der Waals surface area contributed by atoms with Gasteiger partial charge in [-0.2, -0.15) is 13.9 Å². The number of guanidine groups is 1. The van der Waals surface area contributed by atoms with Crippen molar-refractivity contribution in [1.29, 1.82) is 0 Å². The fraction of sp³-hybridized carbons (Fsp3) is 0.444. The lowest BCUT2D eigenvalue weighted by atomic mass is 10.1. The molecule has 0 saturated carbocycles. The second-order valence-electron chi connectivity index (χ2n) is 6.13. The Balaban J connectivity index is 1.87. The van der Waals surface area contributed by atoms with Crippen molar-refractivity contribution < 1.29 is 13.5 Å². The average molecular weight is 365 g/mol. The fourth-order valence-corrected chi connectivity index (χ4v) is 2.52. The lowest BCUT2D eigenvalue weighted by molar-refractivity contribution is -0.0504. The Kier molecular flexibility index (Phi) is 7.37. The highest BCUT2D eigenvalue weighted by molar-refractivity contribution is 5.79. The summed E-state index contributed by atoms with van der Waals surface area (Å²) in [6.45, 7) is 2.99. The molecular formula is C18H25F2N5O. The largest absolute Gasteiger partial charge is 0.434 e. The summed E-state index contributed by atoms with van der Waals surface area (Å²) in [6, 6.07) is 7.01. The Hall–Kier alpha value is -2.64. The van der Waals surface area contributed by atoms with E-state index in [4.69, 9.17) is 0 Å². The third-order valence-electron chi connectivity index (χ3n) is 3.78. The fourth-order valence-electron chi connectivity index (χ4n) is 2.52. The third kappa shape index (κ3) is 6.34. The van der Waals surface area contributed by atoms with E-state index in [2.05, 4.69) is 32.4 Å². The second kappa shape index (κ2) is 9.74. The van der Waals surface area contributed by atoms with E-state index in [9.17, 15) is 8.78 Å². The Bertz CT molecular complexity index is 704. The molecule has 0 bridgehead atoms. The number of benzene rings is 1. The van der Waals surface area contributed by atoms with Gasteiger partial charge >= 0.3 is 6.61 Å². The van der Waals surface area contributed by atoms with Gasteiger partial charge in [-0.15, -0.1) is 0 Å². The topological polar surface area (TPSA) is 63.5 Å². The standard InChI is InChI=1S/C18H25F2N5O/c1-13-5-6-16(26-17(19)20)15(9-13)11-23-18(21-3)22-10-14(2)12-25-8-4-7-24-25/h4-9,14,17H,10-12H2,1-3H3,(H2,21,22,23). The van der Waals surface area contributed by atoms with Gasteiger partial charge in [-0.3, -0.25) is 9.67 Å². The lowest BCUT2D eigenvalue weighted by Gasteiger charge is -2.17. The number of rotatable bonds is 8. The summed E-state index contributed by atoms with van der Waals surface area (Å²) in [6.07, 6.45) is 3.67. The lowest BCUT2D eigenvalue weighted by Crippen LogP contribution is -2.39. The molecule has 2 rings (SSSR count). The van der Waals surface area contributed by atoms with E-state index in [1.54, 1.807) is 25.4 Å². The molecule has 0 aliphatic heterocycles. The summed E-state index contributed by atoms with van der Waals surface area (Å²) < 4.78 is 31.5. The zero-order chi connectivity index (χ0) is 18.9. The number of nitrogens with one attached hydrogen (secondary N) is 2. The van der Waals surface area contributed by atoms with Gasteiger partial charge in [-0.05, 0) is 25.0 Å². The first-order valence-corrected chi connectivity index (χ1v) is 8.44. The first-order valence-electron chi connectivity index (χ1n) is 8.44. The van der Waals surface area contributed by atoms with Crippen LogP contribution in [0.25, 0.3) is 0 Å². The van der Waals surface area contributed by atoms with Crippen LogP contribution in [0.4, 0.5) is 8.78 Å². The molecule has 0 spiro atoms. The SMILES string of the molecule is CN=C(NCc1cc(C)ccc1OC(F)F)NCC(C)Cn1cccn1. The Morgan fingerprint density at radius 1 is 1.35 bits per heavy atom. The van der Waals surface area contributed by atoms with Gasteiger partial charge in [0.1, 0.15) is 5.75 Å². The Morgan fingerprint density at radius 2 is 2.15 bits per heavy atom. The van der Waals surface area contributed by atoms with Gasteiger partial charge in [0.25, 0.3) is 0 Å². The van der Waals surface area contributed by atoms with E-state index in [1.165, 1.54) is 0 Å². The molecule has 0 aliphatic carbocycles. The van der Waals surface area contributed by atoms with Crippen molar-refractivity contribution in [3.63, 3.8) is 0 Å². The minimum Gasteiger partial charge on any atom is -0.434 e. The molecule has 1 atom stereocenters. The molecule has 6 nitrogen and oxygen atoms in total. The minimum atomic E-state index is -2.85. The maximum Gasteiger partial charge on any atom is 0.387 e. The number of alkyl halides is 2. The van der Waals surface area contributed by atoms with Gasteiger partial charge in [0.05, 0.1) is 0 Å². The van der Waals surface area contributed by atoms with Crippen molar-refractivity contribution in [2.45, 2.75) is 33.5 Å². The van der Waals surface area contributed by atoms with E-state index in [1.807, 2.05) is 29.9 Å². The average Bonchev–Trinajstić information content (AvgIpc) is 3.09. The molecule has 0 radical (unpaired) electrons. The van der Waals surface area contributed by atoms with Crippen LogP contribution in [0.3, 0.4) is 0 Å². The summed E-state index contributed by atoms with van der Waals surface area (Å²) in [5.74, 6) is 1.10. The maximum absolute atomic E-state index is 12.5. The Morgan fingerprint density at radius 3 is 2.81 bits per heavy atom. The highest BCUT2D eigenvalue weighted by Crippen LogP contribution is 2.21. The molecule has 1 unspecified atom stereocenters. The molecule has 0 saturated heterocycles. The third-order valence-corrected chi connectivity index (χ3v) is 3.78. The summed E-state index contributed by atoms with van der Waals surface area (Å²) in [4.78, 5) is 4.17. The molecule has 1 aromatic heterocycles. The van der Waals surface area contributed by atoms with Crippen LogP contribution in [-0.4, -0.2) is 35.9 Å². The van der Waals surface area contributed by atoms with Crippen molar-refractivity contribution in [2.24, 2.45) is 10.9 Å². The van der Waals surface area contributed by atoms with Crippen molar-refractivity contribution in [3.05, 3.63) is 47.8 Å². The molecule has 2 aromatic rings. The second-order valence-corrected chi connectivity index (χ2v) is 6.13. The summed E-state index contributed by atoms with van der Waals surface area (Å²) >= 11 is 0. The number of aromatic nitrogens is 2. The van der Waals surface area contributed by atoms with Crippen LogP contribution in [0.1, 0.15) is 18.1 Å². The van der Waals surface area contributed by atoms with Gasteiger partial charge in [-0.25, -0.2) is 0 Å². The van der Waals surface area contributed by atoms with Crippen molar-refractivity contribution in [3.8, 4) is 5.75 Å². The van der Waals surface area contributed by atoms with E-state index in [0.29, 0.717) is 30.5 Å². The Labute approximate surface area is 152 Å². The number of hydrogen-bond donors (Lipinski definition) is 2. The van der Waals surface area contributed by atoms with Gasteiger partial charge in [0.15, 0.2) is 5.96 Å². The quantitative estimate of drug-likeness (QED) is 0.558. The maximum atomic E-state index is 12.5. The predicted molar refractivity (Wildman–Crippen MR) is 97.4 cm³/mol. The molecule has 1 aromatic carbocycles. The molecule has 0 fully saturated rings. The van der Waals surface area contributed by atoms with Gasteiger partial charge in [0, 0.05) is 44.6 Å². The predicted octanol–water partition coefficient (Wildman–Crippen LogP) is 2.79. The number of aliphatic imine (C=N–C) groups is 1. The highest BCUT2D eigenvalue weighted by atomic mass is 19.3. The number of aryl methyl sites for hydroxylation is 1. The first kappa shape index (κ1) is 19.7. The van der Waals surface area contributed by atoms with E-state index in [-0.39, 0.29) is 5.75 Å².